The van der Waals surface area contributed by atoms with Gasteiger partial charge in [-0.25, -0.2) is 9.18 Å². The van der Waals surface area contributed by atoms with Gasteiger partial charge in [0.25, 0.3) is 0 Å². The average molecular weight is 428 g/mol. The summed E-state index contributed by atoms with van der Waals surface area (Å²) < 4.78 is 15.5. The normalized spacial score (nSPS) is 10.9. The number of aromatic carboxylic acids is 1. The molecule has 0 aliphatic heterocycles. The van der Waals surface area contributed by atoms with Crippen LogP contribution in [0.25, 0.3) is 11.4 Å². The van der Waals surface area contributed by atoms with E-state index in [0.29, 0.717) is 34.7 Å². The van der Waals surface area contributed by atoms with Crippen LogP contribution in [0.4, 0.5) is 10.1 Å². The van der Waals surface area contributed by atoms with Gasteiger partial charge in [-0.1, -0.05) is 43.8 Å². The van der Waals surface area contributed by atoms with Gasteiger partial charge in [0.05, 0.1) is 11.3 Å². The number of rotatable bonds is 8. The van der Waals surface area contributed by atoms with E-state index in [1.165, 1.54) is 36.0 Å². The summed E-state index contributed by atoms with van der Waals surface area (Å²) in [6.45, 7) is 4.71. The number of halogens is 1. The molecule has 0 fully saturated rings. The topological polar surface area (TPSA) is 97.1 Å². The van der Waals surface area contributed by atoms with E-state index in [-0.39, 0.29) is 23.0 Å². The Kier molecular flexibility index (Phi) is 6.83. The van der Waals surface area contributed by atoms with Crippen LogP contribution in [-0.4, -0.2) is 37.5 Å². The molecule has 0 saturated heterocycles. The van der Waals surface area contributed by atoms with E-state index in [9.17, 15) is 14.0 Å². The van der Waals surface area contributed by atoms with Gasteiger partial charge in [0.15, 0.2) is 11.0 Å². The molecule has 0 unspecified atom stereocenters. The SMILES string of the molecule is CC(C)Cn1c(SCC(=O)Nc2cccc(C(=O)O)c2)nnc1-c1cccc(F)c1. The summed E-state index contributed by atoms with van der Waals surface area (Å²) in [5, 5.41) is 20.7. The van der Waals surface area contributed by atoms with Gasteiger partial charge >= 0.3 is 5.97 Å². The van der Waals surface area contributed by atoms with Crippen molar-refractivity contribution in [2.24, 2.45) is 5.92 Å². The fraction of sp³-hybridized carbons (Fsp3) is 0.238. The van der Waals surface area contributed by atoms with Gasteiger partial charge < -0.3 is 15.0 Å². The molecule has 0 aliphatic rings. The van der Waals surface area contributed by atoms with Crippen molar-refractivity contribution in [2.45, 2.75) is 25.5 Å². The molecule has 0 aliphatic carbocycles. The number of thioether (sulfide) groups is 1. The highest BCUT2D eigenvalue weighted by atomic mass is 32.2. The minimum atomic E-state index is -1.06. The number of amides is 1. The number of nitrogens with one attached hydrogen (secondary N) is 1. The highest BCUT2D eigenvalue weighted by Crippen LogP contribution is 2.26. The molecule has 156 valence electrons. The average Bonchev–Trinajstić information content (AvgIpc) is 3.08. The Morgan fingerprint density at radius 3 is 2.63 bits per heavy atom. The van der Waals surface area contributed by atoms with E-state index in [2.05, 4.69) is 15.5 Å². The molecule has 30 heavy (non-hydrogen) atoms. The molecule has 1 aromatic heterocycles. The molecule has 3 aromatic rings. The van der Waals surface area contributed by atoms with Crippen molar-refractivity contribution in [1.29, 1.82) is 0 Å². The Morgan fingerprint density at radius 1 is 1.17 bits per heavy atom. The number of carboxylic acid groups (broad SMARTS) is 1. The maximum Gasteiger partial charge on any atom is 0.335 e. The lowest BCUT2D eigenvalue weighted by molar-refractivity contribution is -0.113. The van der Waals surface area contributed by atoms with Gasteiger partial charge in [0.2, 0.25) is 5.91 Å². The van der Waals surface area contributed by atoms with Crippen molar-refractivity contribution in [2.75, 3.05) is 11.1 Å². The van der Waals surface area contributed by atoms with Crippen LogP contribution < -0.4 is 5.32 Å². The summed E-state index contributed by atoms with van der Waals surface area (Å²) in [5.41, 5.74) is 1.12. The molecule has 0 bridgehead atoms. The number of anilines is 1. The summed E-state index contributed by atoms with van der Waals surface area (Å²) in [4.78, 5) is 23.4. The first kappa shape index (κ1) is 21.5. The van der Waals surface area contributed by atoms with Gasteiger partial charge in [0, 0.05) is 17.8 Å². The molecule has 1 heterocycles. The van der Waals surface area contributed by atoms with Crippen molar-refractivity contribution < 1.29 is 19.1 Å². The molecule has 0 atom stereocenters. The zero-order chi connectivity index (χ0) is 21.7. The van der Waals surface area contributed by atoms with E-state index in [1.54, 1.807) is 24.3 Å². The first-order chi connectivity index (χ1) is 14.3. The number of benzene rings is 2. The quantitative estimate of drug-likeness (QED) is 0.523. The summed E-state index contributed by atoms with van der Waals surface area (Å²) in [6, 6.07) is 12.2. The van der Waals surface area contributed by atoms with Gasteiger partial charge in [0.1, 0.15) is 5.82 Å². The molecule has 2 N–H and O–H groups in total. The lowest BCUT2D eigenvalue weighted by Crippen LogP contribution is -2.15. The maximum atomic E-state index is 13.6. The molecule has 9 heteroatoms. The zero-order valence-electron chi connectivity index (χ0n) is 16.5. The number of carbonyl (C=O) groups is 2. The number of aromatic nitrogens is 3. The van der Waals surface area contributed by atoms with Crippen LogP contribution in [0.1, 0.15) is 24.2 Å². The lowest BCUT2D eigenvalue weighted by atomic mass is 10.2. The third kappa shape index (κ3) is 5.44. The molecular weight excluding hydrogens is 407 g/mol. The van der Waals surface area contributed by atoms with E-state index in [1.807, 2.05) is 18.4 Å². The van der Waals surface area contributed by atoms with Gasteiger partial charge in [-0.3, -0.25) is 4.79 Å². The van der Waals surface area contributed by atoms with Crippen LogP contribution in [0.15, 0.2) is 53.7 Å². The fourth-order valence-electron chi connectivity index (χ4n) is 2.82. The van der Waals surface area contributed by atoms with E-state index in [4.69, 9.17) is 5.11 Å². The Labute approximate surface area is 177 Å². The minimum Gasteiger partial charge on any atom is -0.478 e. The van der Waals surface area contributed by atoms with E-state index < -0.39 is 5.97 Å². The van der Waals surface area contributed by atoms with Crippen LogP contribution in [0.5, 0.6) is 0 Å². The largest absolute Gasteiger partial charge is 0.478 e. The van der Waals surface area contributed by atoms with Gasteiger partial charge in [-0.05, 0) is 36.2 Å². The van der Waals surface area contributed by atoms with E-state index in [0.717, 1.165) is 0 Å². The number of nitrogens with zero attached hydrogens (tertiary/aromatic N) is 3. The minimum absolute atomic E-state index is 0.0661. The Balaban J connectivity index is 1.74. The highest BCUT2D eigenvalue weighted by Gasteiger charge is 2.17. The second kappa shape index (κ2) is 9.53. The number of carbonyl (C=O) groups excluding carboxylic acids is 1. The Bertz CT molecular complexity index is 1070. The van der Waals surface area contributed by atoms with Crippen molar-refractivity contribution in [3.8, 4) is 11.4 Å². The van der Waals surface area contributed by atoms with Crippen LogP contribution in [0.3, 0.4) is 0 Å². The molecule has 0 radical (unpaired) electrons. The summed E-state index contributed by atoms with van der Waals surface area (Å²) in [5.74, 6) is -0.818. The Morgan fingerprint density at radius 2 is 1.93 bits per heavy atom. The second-order valence-corrected chi connectivity index (χ2v) is 7.99. The third-order valence-electron chi connectivity index (χ3n) is 4.07. The third-order valence-corrected chi connectivity index (χ3v) is 5.04. The second-order valence-electron chi connectivity index (χ2n) is 7.04. The smallest absolute Gasteiger partial charge is 0.335 e. The molecule has 1 amide bonds. The van der Waals surface area contributed by atoms with E-state index >= 15 is 0 Å². The van der Waals surface area contributed by atoms with Crippen molar-refractivity contribution >= 4 is 29.3 Å². The fourth-order valence-corrected chi connectivity index (χ4v) is 3.57. The van der Waals surface area contributed by atoms with Crippen molar-refractivity contribution in [3.05, 3.63) is 59.9 Å². The molecular formula is C21H21FN4O3S. The van der Waals surface area contributed by atoms with Crippen LogP contribution in [0, 0.1) is 11.7 Å². The number of hydrogen-bond acceptors (Lipinski definition) is 5. The molecule has 0 spiro atoms. The van der Waals surface area contributed by atoms with Crippen LogP contribution in [-0.2, 0) is 11.3 Å². The Hall–Kier alpha value is -3.20. The first-order valence-corrected chi connectivity index (χ1v) is 10.3. The van der Waals surface area contributed by atoms with Gasteiger partial charge in [-0.2, -0.15) is 0 Å². The predicted octanol–water partition coefficient (Wildman–Crippen LogP) is 4.17. The predicted molar refractivity (Wildman–Crippen MR) is 113 cm³/mol. The summed E-state index contributed by atoms with van der Waals surface area (Å²) in [6.07, 6.45) is 0. The number of hydrogen-bond donors (Lipinski definition) is 2. The van der Waals surface area contributed by atoms with Crippen molar-refractivity contribution in [1.82, 2.24) is 14.8 Å². The van der Waals surface area contributed by atoms with Crippen molar-refractivity contribution in [3.63, 3.8) is 0 Å². The summed E-state index contributed by atoms with van der Waals surface area (Å²) in [7, 11) is 0. The van der Waals surface area contributed by atoms with Crippen LogP contribution >= 0.6 is 11.8 Å². The monoisotopic (exact) mass is 428 g/mol. The molecule has 0 saturated carbocycles. The van der Waals surface area contributed by atoms with Crippen LogP contribution in [0.2, 0.25) is 0 Å². The highest BCUT2D eigenvalue weighted by molar-refractivity contribution is 7.99. The summed E-state index contributed by atoms with van der Waals surface area (Å²) >= 11 is 1.21. The number of carboxylic acids is 1. The standard InChI is InChI=1S/C21H21FN4O3S/c1-13(2)11-26-19(14-5-3-7-16(22)9-14)24-25-21(26)30-12-18(27)23-17-8-4-6-15(10-17)20(28)29/h3-10,13H,11-12H2,1-2H3,(H,23,27)(H,28,29). The molecule has 7 nitrogen and oxygen atoms in total. The molecule has 3 rings (SSSR count). The van der Waals surface area contributed by atoms with Gasteiger partial charge in [-0.15, -0.1) is 10.2 Å². The maximum absolute atomic E-state index is 13.6. The lowest BCUT2D eigenvalue weighted by Gasteiger charge is -2.12. The zero-order valence-corrected chi connectivity index (χ0v) is 17.3. The first-order valence-electron chi connectivity index (χ1n) is 9.28. The molecule has 2 aromatic carbocycles.